The molecule has 1 aromatic heterocycles. The van der Waals surface area contributed by atoms with Gasteiger partial charge in [0.1, 0.15) is 17.3 Å². The highest BCUT2D eigenvalue weighted by molar-refractivity contribution is 7.91. The van der Waals surface area contributed by atoms with E-state index < -0.39 is 21.5 Å². The molecule has 3 rings (SSSR count). The molecule has 31 heavy (non-hydrogen) atoms. The Kier molecular flexibility index (Phi) is 7.12. The van der Waals surface area contributed by atoms with Crippen LogP contribution in [0, 0.1) is 13.8 Å². The van der Waals surface area contributed by atoms with Crippen molar-refractivity contribution in [3.63, 3.8) is 0 Å². The molecule has 0 aliphatic heterocycles. The summed E-state index contributed by atoms with van der Waals surface area (Å²) < 4.78 is 36.1. The summed E-state index contributed by atoms with van der Waals surface area (Å²) in [4.78, 5) is 16.5. The van der Waals surface area contributed by atoms with Crippen LogP contribution >= 0.6 is 0 Å². The van der Waals surface area contributed by atoms with Gasteiger partial charge in [0.25, 0.3) is 0 Å². The average Bonchev–Trinajstić information content (AvgIpc) is 3.07. The van der Waals surface area contributed by atoms with Crippen LogP contribution in [0.2, 0.25) is 0 Å². The van der Waals surface area contributed by atoms with Crippen LogP contribution in [0.15, 0.2) is 52.9 Å². The van der Waals surface area contributed by atoms with Crippen molar-refractivity contribution in [3.8, 4) is 17.2 Å². The van der Waals surface area contributed by atoms with Gasteiger partial charge in [-0.3, -0.25) is 4.79 Å². The normalized spacial score (nSPS) is 11.3. The SMILES string of the molecule is CCOc1ccc(CNC(=O)CS(=O)(=O)Cc2nc(-c3ccccc3C)oc2C)cc1. The Morgan fingerprint density at radius 2 is 1.81 bits per heavy atom. The summed E-state index contributed by atoms with van der Waals surface area (Å²) in [5.41, 5.74) is 2.95. The molecule has 1 amide bonds. The van der Waals surface area contributed by atoms with Crippen LogP contribution in [0.3, 0.4) is 0 Å². The third kappa shape index (κ3) is 6.18. The molecule has 0 fully saturated rings. The summed E-state index contributed by atoms with van der Waals surface area (Å²) in [6.45, 7) is 6.32. The zero-order chi connectivity index (χ0) is 22.4. The lowest BCUT2D eigenvalue weighted by Gasteiger charge is -2.07. The first-order chi connectivity index (χ1) is 14.8. The zero-order valence-corrected chi connectivity index (χ0v) is 18.7. The predicted molar refractivity (Wildman–Crippen MR) is 118 cm³/mol. The van der Waals surface area contributed by atoms with E-state index in [1.807, 2.05) is 50.2 Å². The molecule has 0 aliphatic carbocycles. The van der Waals surface area contributed by atoms with E-state index in [-0.39, 0.29) is 12.3 Å². The number of ether oxygens (including phenoxy) is 1. The molecule has 1 heterocycles. The highest BCUT2D eigenvalue weighted by atomic mass is 32.2. The first-order valence-electron chi connectivity index (χ1n) is 9.98. The number of amides is 1. The molecule has 0 spiro atoms. The van der Waals surface area contributed by atoms with Crippen LogP contribution in [-0.4, -0.2) is 31.7 Å². The number of hydrogen-bond acceptors (Lipinski definition) is 6. The van der Waals surface area contributed by atoms with Crippen molar-refractivity contribution in [2.45, 2.75) is 33.1 Å². The van der Waals surface area contributed by atoms with Gasteiger partial charge in [0.05, 0.1) is 18.1 Å². The number of benzene rings is 2. The highest BCUT2D eigenvalue weighted by Gasteiger charge is 2.22. The average molecular weight is 443 g/mol. The van der Waals surface area contributed by atoms with E-state index in [1.165, 1.54) is 0 Å². The fourth-order valence-corrected chi connectivity index (χ4v) is 4.36. The monoisotopic (exact) mass is 442 g/mol. The predicted octanol–water partition coefficient (Wildman–Crippen LogP) is 3.59. The first kappa shape index (κ1) is 22.6. The van der Waals surface area contributed by atoms with Gasteiger partial charge in [-0.25, -0.2) is 13.4 Å². The Balaban J connectivity index is 1.59. The Hall–Kier alpha value is -3.13. The smallest absolute Gasteiger partial charge is 0.235 e. The van der Waals surface area contributed by atoms with Crippen LogP contribution < -0.4 is 10.1 Å². The molecule has 164 valence electrons. The van der Waals surface area contributed by atoms with Crippen molar-refractivity contribution in [2.75, 3.05) is 12.4 Å². The number of oxazole rings is 1. The highest BCUT2D eigenvalue weighted by Crippen LogP contribution is 2.25. The van der Waals surface area contributed by atoms with Gasteiger partial charge in [-0.05, 0) is 50.1 Å². The van der Waals surface area contributed by atoms with Crippen LogP contribution in [0.5, 0.6) is 5.75 Å². The van der Waals surface area contributed by atoms with Crippen LogP contribution in [-0.2, 0) is 26.9 Å². The number of aryl methyl sites for hydroxylation is 2. The number of rotatable bonds is 9. The maximum absolute atomic E-state index is 12.5. The molecule has 0 unspecified atom stereocenters. The van der Waals surface area contributed by atoms with Crippen LogP contribution in [0.4, 0.5) is 0 Å². The fourth-order valence-electron chi connectivity index (χ4n) is 3.07. The first-order valence-corrected chi connectivity index (χ1v) is 11.8. The molecule has 1 N–H and O–H groups in total. The van der Waals surface area contributed by atoms with Crippen molar-refractivity contribution in [3.05, 3.63) is 71.1 Å². The molecule has 2 aromatic carbocycles. The van der Waals surface area contributed by atoms with E-state index in [2.05, 4.69) is 10.3 Å². The molecular formula is C23H26N2O5S. The maximum atomic E-state index is 12.5. The van der Waals surface area contributed by atoms with Gasteiger partial charge in [0.15, 0.2) is 9.84 Å². The van der Waals surface area contributed by atoms with Crippen molar-refractivity contribution in [1.82, 2.24) is 10.3 Å². The number of nitrogens with one attached hydrogen (secondary N) is 1. The van der Waals surface area contributed by atoms with Gasteiger partial charge in [0, 0.05) is 12.1 Å². The number of carbonyl (C=O) groups excluding carboxylic acids is 1. The molecular weight excluding hydrogens is 416 g/mol. The Labute approximate surface area is 182 Å². The lowest BCUT2D eigenvalue weighted by Crippen LogP contribution is -2.30. The molecule has 0 radical (unpaired) electrons. The quantitative estimate of drug-likeness (QED) is 0.544. The van der Waals surface area contributed by atoms with Crippen LogP contribution in [0.25, 0.3) is 11.5 Å². The largest absolute Gasteiger partial charge is 0.494 e. The third-order valence-electron chi connectivity index (χ3n) is 4.70. The summed E-state index contributed by atoms with van der Waals surface area (Å²) in [6.07, 6.45) is 0. The van der Waals surface area contributed by atoms with E-state index in [0.29, 0.717) is 24.0 Å². The molecule has 8 heteroatoms. The van der Waals surface area contributed by atoms with Crippen LogP contribution in [0.1, 0.15) is 29.5 Å². The minimum absolute atomic E-state index is 0.237. The van der Waals surface area contributed by atoms with E-state index in [4.69, 9.17) is 9.15 Å². The summed E-state index contributed by atoms with van der Waals surface area (Å²) in [5, 5.41) is 2.64. The lowest BCUT2D eigenvalue weighted by molar-refractivity contribution is -0.118. The molecule has 0 aliphatic rings. The lowest BCUT2D eigenvalue weighted by atomic mass is 10.1. The van der Waals surface area contributed by atoms with E-state index in [9.17, 15) is 13.2 Å². The zero-order valence-electron chi connectivity index (χ0n) is 17.8. The summed E-state index contributed by atoms with van der Waals surface area (Å²) >= 11 is 0. The van der Waals surface area contributed by atoms with Crippen molar-refractivity contribution in [1.29, 1.82) is 0 Å². The second kappa shape index (κ2) is 9.78. The second-order valence-electron chi connectivity index (χ2n) is 7.22. The van der Waals surface area contributed by atoms with Gasteiger partial charge in [-0.15, -0.1) is 0 Å². The minimum Gasteiger partial charge on any atom is -0.494 e. The Morgan fingerprint density at radius 1 is 1.10 bits per heavy atom. The standard InChI is InChI=1S/C23H26N2O5S/c1-4-29-19-11-9-18(10-12-19)13-24-22(26)15-31(27,28)14-21-17(3)30-23(25-21)20-8-6-5-7-16(20)2/h5-12H,4,13-15H2,1-3H3,(H,24,26). The summed E-state index contributed by atoms with van der Waals surface area (Å²) in [6, 6.07) is 14.8. The Bertz CT molecular complexity index is 1150. The van der Waals surface area contributed by atoms with Gasteiger partial charge in [0.2, 0.25) is 11.8 Å². The molecule has 7 nitrogen and oxygen atoms in total. The number of nitrogens with zero attached hydrogens (tertiary/aromatic N) is 1. The van der Waals surface area contributed by atoms with Crippen molar-refractivity contribution < 1.29 is 22.4 Å². The summed E-state index contributed by atoms with van der Waals surface area (Å²) in [5.74, 6) is 0.0144. The topological polar surface area (TPSA) is 98.5 Å². The second-order valence-corrected chi connectivity index (χ2v) is 9.29. The fraction of sp³-hybridized carbons (Fsp3) is 0.304. The molecule has 3 aromatic rings. The Morgan fingerprint density at radius 3 is 2.48 bits per heavy atom. The van der Waals surface area contributed by atoms with E-state index in [1.54, 1.807) is 19.1 Å². The molecule has 0 atom stereocenters. The minimum atomic E-state index is -3.71. The number of aromatic nitrogens is 1. The van der Waals surface area contributed by atoms with E-state index in [0.717, 1.165) is 22.4 Å². The third-order valence-corrected chi connectivity index (χ3v) is 6.12. The number of sulfone groups is 1. The van der Waals surface area contributed by atoms with Crippen molar-refractivity contribution in [2.24, 2.45) is 0 Å². The van der Waals surface area contributed by atoms with Gasteiger partial charge in [-0.2, -0.15) is 0 Å². The van der Waals surface area contributed by atoms with Gasteiger partial charge < -0.3 is 14.5 Å². The molecule has 0 bridgehead atoms. The van der Waals surface area contributed by atoms with E-state index >= 15 is 0 Å². The maximum Gasteiger partial charge on any atom is 0.235 e. The van der Waals surface area contributed by atoms with Gasteiger partial charge >= 0.3 is 0 Å². The number of carbonyl (C=O) groups is 1. The van der Waals surface area contributed by atoms with Gasteiger partial charge in [-0.1, -0.05) is 30.3 Å². The van der Waals surface area contributed by atoms with Crippen molar-refractivity contribution >= 4 is 15.7 Å². The molecule has 0 saturated heterocycles. The molecule has 0 saturated carbocycles. The summed E-state index contributed by atoms with van der Waals surface area (Å²) in [7, 11) is -3.71. The number of hydrogen-bond donors (Lipinski definition) is 1.